The molecule has 0 radical (unpaired) electrons. The van der Waals surface area contributed by atoms with Crippen molar-refractivity contribution in [2.75, 3.05) is 45.8 Å². The van der Waals surface area contributed by atoms with Crippen molar-refractivity contribution >= 4 is 22.0 Å². The topological polar surface area (TPSA) is 71.4 Å². The molecule has 2 heterocycles. The summed E-state index contributed by atoms with van der Waals surface area (Å²) in [4.78, 5) is 15.6. The first kappa shape index (κ1) is 21.0. The number of hydrogen-bond acceptors (Lipinski definition) is 4. The van der Waals surface area contributed by atoms with Crippen LogP contribution in [0.5, 0.6) is 0 Å². The van der Waals surface area contributed by atoms with Gasteiger partial charge in [-0.25, -0.2) is 8.42 Å². The molecule has 2 fully saturated rings. The number of sulfonamides is 1. The molecule has 3 rings (SSSR count). The molecule has 0 bridgehead atoms. The van der Waals surface area contributed by atoms with Gasteiger partial charge >= 0.3 is 0 Å². The number of hydrogen-bond donors (Lipinski definition) is 1. The summed E-state index contributed by atoms with van der Waals surface area (Å²) < 4.78 is 32.3. The number of carbonyl (C=O) groups excluding carboxylic acids is 1. The van der Waals surface area contributed by atoms with E-state index in [2.05, 4.69) is 0 Å². The Morgan fingerprint density at radius 2 is 1.75 bits per heavy atom. The van der Waals surface area contributed by atoms with Crippen LogP contribution in [0.3, 0.4) is 0 Å². The van der Waals surface area contributed by atoms with Crippen LogP contribution < -0.4 is 4.90 Å². The highest BCUT2D eigenvalue weighted by molar-refractivity contribution is 7.92. The number of piperazine rings is 1. The highest BCUT2D eigenvalue weighted by Crippen LogP contribution is 2.11. The lowest BCUT2D eigenvalue weighted by Crippen LogP contribution is -3.15. The molecule has 0 unspecified atom stereocenters. The van der Waals surface area contributed by atoms with Crippen molar-refractivity contribution in [3.8, 4) is 0 Å². The summed E-state index contributed by atoms with van der Waals surface area (Å²) in [6.07, 6.45) is 1.74. The van der Waals surface area contributed by atoms with Crippen LogP contribution in [-0.4, -0.2) is 81.6 Å². The molecule has 1 amide bonds. The normalized spacial score (nSPS) is 25.3. The van der Waals surface area contributed by atoms with Crippen molar-refractivity contribution < 1.29 is 22.8 Å². The number of rotatable bonds is 5. The Morgan fingerprint density at radius 1 is 1.14 bits per heavy atom. The van der Waals surface area contributed by atoms with E-state index in [-0.39, 0.29) is 18.1 Å². The predicted octanol–water partition coefficient (Wildman–Crippen LogP) is -0.177. The summed E-state index contributed by atoms with van der Waals surface area (Å²) in [5, 5.41) is 1.27. The van der Waals surface area contributed by atoms with Gasteiger partial charge in [0.25, 0.3) is 5.91 Å². The zero-order chi connectivity index (χ0) is 20.1. The van der Waals surface area contributed by atoms with E-state index < -0.39 is 10.0 Å². The van der Waals surface area contributed by atoms with E-state index in [4.69, 9.17) is 4.74 Å². The smallest absolute Gasteiger partial charge is 0.277 e. The lowest BCUT2D eigenvalue weighted by atomic mass is 10.2. The molecule has 0 aromatic heterocycles. The minimum atomic E-state index is -3.44. The Labute approximate surface area is 167 Å². The lowest BCUT2D eigenvalue weighted by molar-refractivity contribution is -0.896. The highest BCUT2D eigenvalue weighted by atomic mass is 32.2. The molecule has 1 aromatic rings. The molecule has 2 aliphatic rings. The van der Waals surface area contributed by atoms with E-state index in [1.54, 1.807) is 6.08 Å². The molecule has 154 valence electrons. The molecule has 0 aliphatic carbocycles. The van der Waals surface area contributed by atoms with Gasteiger partial charge in [0.05, 0.1) is 38.4 Å². The monoisotopic (exact) mass is 408 g/mol. The van der Waals surface area contributed by atoms with E-state index in [0.717, 1.165) is 10.5 Å². The number of morpholine rings is 1. The fourth-order valence-corrected chi connectivity index (χ4v) is 4.95. The minimum absolute atomic E-state index is 0.0566. The van der Waals surface area contributed by atoms with Crippen LogP contribution in [0.1, 0.15) is 19.4 Å². The number of quaternary nitrogens is 1. The minimum Gasteiger partial charge on any atom is -0.372 e. The third-order valence-corrected chi connectivity index (χ3v) is 6.76. The zero-order valence-corrected chi connectivity index (χ0v) is 17.4. The van der Waals surface area contributed by atoms with Gasteiger partial charge in [-0.1, -0.05) is 30.3 Å². The van der Waals surface area contributed by atoms with Crippen LogP contribution in [0.15, 0.2) is 35.7 Å². The van der Waals surface area contributed by atoms with Gasteiger partial charge in [0.15, 0.2) is 6.54 Å². The van der Waals surface area contributed by atoms with Crippen LogP contribution in [-0.2, 0) is 19.6 Å². The number of benzene rings is 1. The van der Waals surface area contributed by atoms with Crippen LogP contribution >= 0.6 is 0 Å². The molecule has 8 heteroatoms. The summed E-state index contributed by atoms with van der Waals surface area (Å²) in [6.45, 7) is 7.76. The molecular weight excluding hydrogens is 378 g/mol. The summed E-state index contributed by atoms with van der Waals surface area (Å²) in [5.41, 5.74) is 0.856. The third-order valence-electron chi connectivity index (χ3n) is 5.19. The van der Waals surface area contributed by atoms with E-state index in [0.29, 0.717) is 45.8 Å². The van der Waals surface area contributed by atoms with Crippen molar-refractivity contribution in [2.45, 2.75) is 26.1 Å². The Bertz CT molecular complexity index is 779. The summed E-state index contributed by atoms with van der Waals surface area (Å²) >= 11 is 0. The predicted molar refractivity (Wildman–Crippen MR) is 108 cm³/mol. The Kier molecular flexibility index (Phi) is 6.87. The summed E-state index contributed by atoms with van der Waals surface area (Å²) in [7, 11) is -3.44. The standard InChI is InChI=1S/C20H29N3O4S/c1-17-14-22(15-18(2)27-17)20(24)16-21-9-11-23(12-10-21)28(25,26)13-8-19-6-4-3-5-7-19/h3-8,13,17-18H,9-12,14-16H2,1-2H3/p+1/b13-8+/t17-,18-/m0/s1. The van der Waals surface area contributed by atoms with Crippen molar-refractivity contribution in [1.29, 1.82) is 0 Å². The number of nitrogens with one attached hydrogen (secondary N) is 1. The van der Waals surface area contributed by atoms with Crippen molar-refractivity contribution in [3.63, 3.8) is 0 Å². The van der Waals surface area contributed by atoms with Crippen LogP contribution in [0.4, 0.5) is 0 Å². The highest BCUT2D eigenvalue weighted by Gasteiger charge is 2.31. The summed E-state index contributed by atoms with van der Waals surface area (Å²) in [6, 6.07) is 9.39. The van der Waals surface area contributed by atoms with Gasteiger partial charge in [-0.2, -0.15) is 4.31 Å². The van der Waals surface area contributed by atoms with E-state index in [1.165, 1.54) is 9.71 Å². The van der Waals surface area contributed by atoms with E-state index in [1.807, 2.05) is 49.1 Å². The maximum Gasteiger partial charge on any atom is 0.277 e. The summed E-state index contributed by atoms with van der Waals surface area (Å²) in [5.74, 6) is 0.122. The largest absolute Gasteiger partial charge is 0.372 e. The SMILES string of the molecule is C[C@H]1CN(C(=O)C[NH+]2CCN(S(=O)(=O)/C=C/c3ccccc3)CC2)C[C@H](C)O1. The molecule has 2 atom stereocenters. The van der Waals surface area contributed by atoms with E-state index >= 15 is 0 Å². The van der Waals surface area contributed by atoms with Crippen LogP contribution in [0.25, 0.3) is 6.08 Å². The van der Waals surface area contributed by atoms with Crippen molar-refractivity contribution in [1.82, 2.24) is 9.21 Å². The Balaban J connectivity index is 1.50. The average molecular weight is 409 g/mol. The molecule has 1 aromatic carbocycles. The molecule has 28 heavy (non-hydrogen) atoms. The van der Waals surface area contributed by atoms with Gasteiger partial charge in [0, 0.05) is 18.5 Å². The van der Waals surface area contributed by atoms with Crippen LogP contribution in [0, 0.1) is 0 Å². The van der Waals surface area contributed by atoms with Gasteiger partial charge in [0.1, 0.15) is 0 Å². The fraction of sp³-hybridized carbons (Fsp3) is 0.550. The Hall–Kier alpha value is -1.74. The van der Waals surface area contributed by atoms with Gasteiger partial charge < -0.3 is 14.5 Å². The van der Waals surface area contributed by atoms with Gasteiger partial charge in [-0.3, -0.25) is 4.79 Å². The molecule has 7 nitrogen and oxygen atoms in total. The Morgan fingerprint density at radius 3 is 2.36 bits per heavy atom. The van der Waals surface area contributed by atoms with Gasteiger partial charge in [-0.15, -0.1) is 0 Å². The molecular formula is C20H30N3O4S+. The molecule has 1 N–H and O–H groups in total. The number of ether oxygens (including phenoxy) is 1. The van der Waals surface area contributed by atoms with Crippen LogP contribution in [0.2, 0.25) is 0 Å². The zero-order valence-electron chi connectivity index (χ0n) is 16.6. The maximum absolute atomic E-state index is 12.6. The quantitative estimate of drug-likeness (QED) is 0.734. The lowest BCUT2D eigenvalue weighted by Gasteiger charge is -2.36. The second-order valence-electron chi connectivity index (χ2n) is 7.64. The number of nitrogens with zero attached hydrogens (tertiary/aromatic N) is 2. The third kappa shape index (κ3) is 5.64. The van der Waals surface area contributed by atoms with Gasteiger partial charge in [0.2, 0.25) is 10.0 Å². The number of carbonyl (C=O) groups is 1. The first-order valence-corrected chi connectivity index (χ1v) is 11.3. The second kappa shape index (κ2) is 9.17. The molecule has 0 saturated carbocycles. The molecule has 2 aliphatic heterocycles. The first-order chi connectivity index (χ1) is 13.3. The van der Waals surface area contributed by atoms with E-state index in [9.17, 15) is 13.2 Å². The first-order valence-electron chi connectivity index (χ1n) is 9.83. The average Bonchev–Trinajstić information content (AvgIpc) is 2.67. The molecule has 0 spiro atoms. The van der Waals surface area contributed by atoms with Gasteiger partial charge in [-0.05, 0) is 25.5 Å². The second-order valence-corrected chi connectivity index (χ2v) is 9.46. The number of amides is 1. The maximum atomic E-state index is 12.6. The van der Waals surface area contributed by atoms with Crippen molar-refractivity contribution in [2.24, 2.45) is 0 Å². The van der Waals surface area contributed by atoms with Crippen molar-refractivity contribution in [3.05, 3.63) is 41.3 Å². The fourth-order valence-electron chi connectivity index (χ4n) is 3.76. The molecule has 2 saturated heterocycles.